The molecule has 1 atom stereocenters. The monoisotopic (exact) mass is 369 g/mol. The second-order valence-corrected chi connectivity index (χ2v) is 6.89. The molecule has 3 aromatic rings. The predicted molar refractivity (Wildman–Crippen MR) is 95.2 cm³/mol. The summed E-state index contributed by atoms with van der Waals surface area (Å²) in [5.74, 6) is 0.909. The van der Waals surface area contributed by atoms with Crippen LogP contribution in [0, 0.1) is 19.7 Å². The summed E-state index contributed by atoms with van der Waals surface area (Å²) in [5.41, 5.74) is 2.43. The van der Waals surface area contributed by atoms with Crippen molar-refractivity contribution in [1.29, 1.82) is 0 Å². The molecule has 0 saturated heterocycles. The van der Waals surface area contributed by atoms with Gasteiger partial charge >= 0.3 is 0 Å². The Labute approximate surface area is 155 Å². The van der Waals surface area contributed by atoms with E-state index in [1.54, 1.807) is 37.6 Å². The Kier molecular flexibility index (Phi) is 4.25. The smallest absolute Gasteiger partial charge is 0.255 e. The molecule has 1 aliphatic rings. The molecule has 0 bridgehead atoms. The van der Waals surface area contributed by atoms with E-state index in [2.05, 4.69) is 20.6 Å². The van der Waals surface area contributed by atoms with Crippen LogP contribution in [0.25, 0.3) is 5.69 Å². The number of aryl methyl sites for hydroxylation is 1. The minimum Gasteiger partial charge on any atom is -0.340 e. The fraction of sp³-hybridized carbons (Fsp3) is 0.368. The summed E-state index contributed by atoms with van der Waals surface area (Å²) in [6.45, 7) is 5.38. The molecule has 0 unspecified atom stereocenters. The van der Waals surface area contributed by atoms with Gasteiger partial charge in [-0.3, -0.25) is 4.79 Å². The molecule has 4 rings (SSSR count). The summed E-state index contributed by atoms with van der Waals surface area (Å²) in [6.07, 6.45) is 2.17. The van der Waals surface area contributed by atoms with Gasteiger partial charge in [0.25, 0.3) is 5.91 Å². The standard InChI is InChI=1S/C19H20FN5O2/c1-10-16(12(3)25(23-10)15-8-6-14(20)7-9-15)18(26)21-11(2)19-22-17(24-27-19)13-4-5-13/h6-9,11,13H,4-5H2,1-3H3,(H,21,26)/t11-/m1/s1. The lowest BCUT2D eigenvalue weighted by molar-refractivity contribution is 0.0931. The molecule has 1 saturated carbocycles. The number of aromatic nitrogens is 4. The quantitative estimate of drug-likeness (QED) is 0.745. The third-order valence-electron chi connectivity index (χ3n) is 4.71. The first-order valence-corrected chi connectivity index (χ1v) is 8.90. The van der Waals surface area contributed by atoms with Crippen molar-refractivity contribution in [3.63, 3.8) is 0 Å². The van der Waals surface area contributed by atoms with Crippen molar-refractivity contribution in [2.45, 2.75) is 45.6 Å². The SMILES string of the molecule is Cc1nn(-c2ccc(F)cc2)c(C)c1C(=O)N[C@H](C)c1nc(C2CC2)no1. The van der Waals surface area contributed by atoms with E-state index in [1.165, 1.54) is 12.1 Å². The number of amides is 1. The van der Waals surface area contributed by atoms with Crippen LogP contribution in [-0.4, -0.2) is 25.8 Å². The Morgan fingerprint density at radius 1 is 1.30 bits per heavy atom. The van der Waals surface area contributed by atoms with Crippen LogP contribution in [0.4, 0.5) is 4.39 Å². The minimum absolute atomic E-state index is 0.267. The lowest BCUT2D eigenvalue weighted by atomic mass is 10.1. The van der Waals surface area contributed by atoms with E-state index >= 15 is 0 Å². The molecular weight excluding hydrogens is 349 g/mol. The number of hydrogen-bond acceptors (Lipinski definition) is 5. The van der Waals surface area contributed by atoms with E-state index in [0.717, 1.165) is 12.8 Å². The van der Waals surface area contributed by atoms with Crippen LogP contribution in [0.2, 0.25) is 0 Å². The zero-order valence-electron chi connectivity index (χ0n) is 15.4. The van der Waals surface area contributed by atoms with Gasteiger partial charge in [0.15, 0.2) is 5.82 Å². The van der Waals surface area contributed by atoms with Crippen molar-refractivity contribution in [2.75, 3.05) is 0 Å². The number of halogens is 1. The van der Waals surface area contributed by atoms with Crippen molar-refractivity contribution in [1.82, 2.24) is 25.2 Å². The fourth-order valence-corrected chi connectivity index (χ4v) is 3.07. The highest BCUT2D eigenvalue weighted by Crippen LogP contribution is 2.38. The summed E-state index contributed by atoms with van der Waals surface area (Å²) in [7, 11) is 0. The van der Waals surface area contributed by atoms with Gasteiger partial charge in [-0.25, -0.2) is 9.07 Å². The maximum atomic E-state index is 13.2. The Balaban J connectivity index is 1.55. The summed E-state index contributed by atoms with van der Waals surface area (Å²) in [5, 5.41) is 11.3. The van der Waals surface area contributed by atoms with Crippen LogP contribution < -0.4 is 5.32 Å². The molecular formula is C19H20FN5O2. The average Bonchev–Trinajstić information content (AvgIpc) is 3.28. The van der Waals surface area contributed by atoms with Crippen molar-refractivity contribution >= 4 is 5.91 Å². The highest BCUT2D eigenvalue weighted by Gasteiger charge is 2.30. The minimum atomic E-state index is -0.412. The van der Waals surface area contributed by atoms with Gasteiger partial charge in [-0.2, -0.15) is 10.1 Å². The van der Waals surface area contributed by atoms with Gasteiger partial charge in [-0.1, -0.05) is 5.16 Å². The van der Waals surface area contributed by atoms with Crippen LogP contribution in [0.5, 0.6) is 0 Å². The second kappa shape index (κ2) is 6.61. The first-order valence-electron chi connectivity index (χ1n) is 8.90. The number of benzene rings is 1. The van der Waals surface area contributed by atoms with E-state index in [4.69, 9.17) is 4.52 Å². The number of carbonyl (C=O) groups excluding carboxylic acids is 1. The first-order chi connectivity index (χ1) is 12.9. The van der Waals surface area contributed by atoms with Gasteiger partial charge in [-0.05, 0) is 57.9 Å². The van der Waals surface area contributed by atoms with Gasteiger partial charge in [-0.15, -0.1) is 0 Å². The molecule has 0 spiro atoms. The van der Waals surface area contributed by atoms with E-state index in [1.807, 2.05) is 0 Å². The van der Waals surface area contributed by atoms with Gasteiger partial charge in [0.1, 0.15) is 11.9 Å². The molecule has 0 aliphatic heterocycles. The molecule has 7 nitrogen and oxygen atoms in total. The molecule has 8 heteroatoms. The third kappa shape index (κ3) is 3.34. The molecule has 1 N–H and O–H groups in total. The van der Waals surface area contributed by atoms with Gasteiger partial charge < -0.3 is 9.84 Å². The van der Waals surface area contributed by atoms with Crippen LogP contribution in [0.15, 0.2) is 28.8 Å². The first kappa shape index (κ1) is 17.4. The van der Waals surface area contributed by atoms with E-state index in [-0.39, 0.29) is 11.7 Å². The van der Waals surface area contributed by atoms with E-state index in [9.17, 15) is 9.18 Å². The number of nitrogens with one attached hydrogen (secondary N) is 1. The Morgan fingerprint density at radius 3 is 2.67 bits per heavy atom. The van der Waals surface area contributed by atoms with E-state index in [0.29, 0.717) is 40.3 Å². The van der Waals surface area contributed by atoms with E-state index < -0.39 is 6.04 Å². The summed E-state index contributed by atoms with van der Waals surface area (Å²) in [6, 6.07) is 5.56. The van der Waals surface area contributed by atoms with Crippen molar-refractivity contribution in [3.8, 4) is 5.69 Å². The highest BCUT2D eigenvalue weighted by molar-refractivity contribution is 5.96. The molecule has 1 fully saturated rings. The molecule has 0 radical (unpaired) electrons. The maximum absolute atomic E-state index is 13.2. The summed E-state index contributed by atoms with van der Waals surface area (Å²) < 4.78 is 20.1. The normalized spacial score (nSPS) is 15.0. The largest absolute Gasteiger partial charge is 0.340 e. The molecule has 2 aromatic heterocycles. The maximum Gasteiger partial charge on any atom is 0.255 e. The molecule has 1 amide bonds. The van der Waals surface area contributed by atoms with Crippen LogP contribution >= 0.6 is 0 Å². The Hall–Kier alpha value is -3.03. The van der Waals surface area contributed by atoms with Crippen LogP contribution in [-0.2, 0) is 0 Å². The fourth-order valence-electron chi connectivity index (χ4n) is 3.07. The lowest BCUT2D eigenvalue weighted by Gasteiger charge is -2.10. The predicted octanol–water partition coefficient (Wildman–Crippen LogP) is 3.38. The van der Waals surface area contributed by atoms with Crippen LogP contribution in [0.1, 0.15) is 65.2 Å². The third-order valence-corrected chi connectivity index (χ3v) is 4.71. The highest BCUT2D eigenvalue weighted by atomic mass is 19.1. The molecule has 27 heavy (non-hydrogen) atoms. The van der Waals surface area contributed by atoms with Crippen LogP contribution in [0.3, 0.4) is 0 Å². The number of nitrogens with zero attached hydrogens (tertiary/aromatic N) is 4. The zero-order chi connectivity index (χ0) is 19.1. The average molecular weight is 369 g/mol. The summed E-state index contributed by atoms with van der Waals surface area (Å²) >= 11 is 0. The molecule has 2 heterocycles. The Bertz CT molecular complexity index is 988. The molecule has 1 aliphatic carbocycles. The number of hydrogen-bond donors (Lipinski definition) is 1. The van der Waals surface area contributed by atoms with Crippen molar-refractivity contribution in [3.05, 3.63) is 58.7 Å². The molecule has 1 aromatic carbocycles. The molecule has 140 valence electrons. The second-order valence-electron chi connectivity index (χ2n) is 6.89. The van der Waals surface area contributed by atoms with Crippen molar-refractivity contribution < 1.29 is 13.7 Å². The van der Waals surface area contributed by atoms with Gasteiger partial charge in [0.2, 0.25) is 5.89 Å². The topological polar surface area (TPSA) is 85.8 Å². The number of rotatable bonds is 5. The Morgan fingerprint density at radius 2 is 2.00 bits per heavy atom. The zero-order valence-corrected chi connectivity index (χ0v) is 15.4. The van der Waals surface area contributed by atoms with Gasteiger partial charge in [0.05, 0.1) is 22.6 Å². The van der Waals surface area contributed by atoms with Gasteiger partial charge in [0, 0.05) is 5.92 Å². The number of carbonyl (C=O) groups is 1. The summed E-state index contributed by atoms with van der Waals surface area (Å²) in [4.78, 5) is 17.2. The van der Waals surface area contributed by atoms with Crippen molar-refractivity contribution in [2.24, 2.45) is 0 Å². The lowest BCUT2D eigenvalue weighted by Crippen LogP contribution is -2.27.